The molecule has 18 heavy (non-hydrogen) atoms. The molecule has 8 heteroatoms. The molecule has 0 spiro atoms. The molecule has 0 saturated carbocycles. The Balaban J connectivity index is 1.91. The highest BCUT2D eigenvalue weighted by atomic mass is 32.2. The number of nitrogens with one attached hydrogen (secondary N) is 1. The molecule has 1 unspecified atom stereocenters. The summed E-state index contributed by atoms with van der Waals surface area (Å²) >= 11 is 4.83. The number of aromatic nitrogens is 3. The van der Waals surface area contributed by atoms with Gasteiger partial charge in [0.1, 0.15) is 11.1 Å². The Morgan fingerprint density at radius 1 is 1.50 bits per heavy atom. The summed E-state index contributed by atoms with van der Waals surface area (Å²) < 4.78 is 6.20. The zero-order chi connectivity index (χ0) is 13.0. The minimum absolute atomic E-state index is 0.0613. The van der Waals surface area contributed by atoms with Gasteiger partial charge in [-0.05, 0) is 6.92 Å². The average Bonchev–Trinajstić information content (AvgIpc) is 3.04. The van der Waals surface area contributed by atoms with Gasteiger partial charge in [0.2, 0.25) is 5.13 Å². The van der Waals surface area contributed by atoms with Gasteiger partial charge in [0.25, 0.3) is 0 Å². The third kappa shape index (κ3) is 3.41. The van der Waals surface area contributed by atoms with Crippen LogP contribution in [0.2, 0.25) is 0 Å². The molecule has 2 aromatic rings. The fourth-order valence-corrected chi connectivity index (χ4v) is 3.74. The van der Waals surface area contributed by atoms with E-state index in [1.807, 2.05) is 14.0 Å². The average molecular weight is 302 g/mol. The van der Waals surface area contributed by atoms with Crippen LogP contribution in [0.1, 0.15) is 23.7 Å². The van der Waals surface area contributed by atoms with Crippen molar-refractivity contribution in [1.82, 2.24) is 15.2 Å². The molecule has 0 aliphatic carbocycles. The molecule has 98 valence electrons. The number of methoxy groups -OCH3 is 1. The Bertz CT molecular complexity index is 499. The second-order valence-corrected chi connectivity index (χ2v) is 6.56. The zero-order valence-corrected chi connectivity index (χ0v) is 12.8. The molecule has 0 radical (unpaired) electrons. The van der Waals surface area contributed by atoms with Crippen molar-refractivity contribution in [2.75, 3.05) is 19.5 Å². The smallest absolute Gasteiger partial charge is 0.206 e. The van der Waals surface area contributed by atoms with Crippen molar-refractivity contribution in [2.24, 2.45) is 0 Å². The van der Waals surface area contributed by atoms with Crippen LogP contribution in [0, 0.1) is 0 Å². The number of rotatable bonds is 6. The first-order chi connectivity index (χ1) is 8.72. The van der Waals surface area contributed by atoms with E-state index in [4.69, 9.17) is 4.74 Å². The van der Waals surface area contributed by atoms with E-state index >= 15 is 0 Å². The van der Waals surface area contributed by atoms with Crippen molar-refractivity contribution in [1.29, 1.82) is 0 Å². The van der Waals surface area contributed by atoms with Gasteiger partial charge in [0, 0.05) is 25.3 Å². The predicted molar refractivity (Wildman–Crippen MR) is 76.6 cm³/mol. The molecule has 0 saturated heterocycles. The monoisotopic (exact) mass is 302 g/mol. The molecule has 0 bridgehead atoms. The molecule has 1 N–H and O–H groups in total. The van der Waals surface area contributed by atoms with Gasteiger partial charge in [-0.2, -0.15) is 0 Å². The van der Waals surface area contributed by atoms with Crippen LogP contribution >= 0.6 is 34.4 Å². The number of hydrogen-bond acceptors (Lipinski definition) is 8. The van der Waals surface area contributed by atoms with Crippen LogP contribution in [0.15, 0.2) is 9.72 Å². The summed E-state index contributed by atoms with van der Waals surface area (Å²) in [5, 5.41) is 15.0. The topological polar surface area (TPSA) is 59.9 Å². The largest absolute Gasteiger partial charge is 0.375 e. The third-order valence-electron chi connectivity index (χ3n) is 2.23. The molecule has 2 aromatic heterocycles. The maximum Gasteiger partial charge on any atom is 0.206 e. The number of thioether (sulfide) groups is 1. The predicted octanol–water partition coefficient (Wildman–Crippen LogP) is 3.04. The van der Waals surface area contributed by atoms with Gasteiger partial charge < -0.3 is 10.1 Å². The number of anilines is 1. The minimum atomic E-state index is 0.0613. The normalized spacial score (nSPS) is 12.6. The van der Waals surface area contributed by atoms with Crippen LogP contribution in [0.4, 0.5) is 5.13 Å². The molecule has 0 aromatic carbocycles. The van der Waals surface area contributed by atoms with Gasteiger partial charge in [-0.25, -0.2) is 4.98 Å². The highest BCUT2D eigenvalue weighted by molar-refractivity contribution is 8.00. The van der Waals surface area contributed by atoms with E-state index in [2.05, 4.69) is 25.9 Å². The Morgan fingerprint density at radius 2 is 2.33 bits per heavy atom. The first-order valence-electron chi connectivity index (χ1n) is 5.34. The summed E-state index contributed by atoms with van der Waals surface area (Å²) in [5.74, 6) is 0.811. The standard InChI is InChI=1S/C10H14N4OS3/c1-6(15-3)8-12-7(4-16-8)5-17-10-14-13-9(11-2)18-10/h4,6H,5H2,1-3H3,(H,11,13). The summed E-state index contributed by atoms with van der Waals surface area (Å²) in [5.41, 5.74) is 1.06. The van der Waals surface area contributed by atoms with Crippen LogP contribution in [-0.4, -0.2) is 29.3 Å². The van der Waals surface area contributed by atoms with Gasteiger partial charge >= 0.3 is 0 Å². The number of hydrogen-bond donors (Lipinski definition) is 1. The molecule has 2 rings (SSSR count). The summed E-state index contributed by atoms with van der Waals surface area (Å²) in [4.78, 5) is 4.54. The van der Waals surface area contributed by atoms with Crippen molar-refractivity contribution < 1.29 is 4.74 Å². The molecule has 0 aliphatic rings. The number of ether oxygens (including phenoxy) is 1. The molecule has 0 aliphatic heterocycles. The van der Waals surface area contributed by atoms with E-state index in [1.54, 1.807) is 41.5 Å². The van der Waals surface area contributed by atoms with E-state index in [9.17, 15) is 0 Å². The molecular weight excluding hydrogens is 288 g/mol. The van der Waals surface area contributed by atoms with Crippen LogP contribution in [0.25, 0.3) is 0 Å². The summed E-state index contributed by atoms with van der Waals surface area (Å²) in [6.07, 6.45) is 0.0613. The first-order valence-corrected chi connectivity index (χ1v) is 8.02. The lowest BCUT2D eigenvalue weighted by atomic mass is 10.4. The highest BCUT2D eigenvalue weighted by Crippen LogP contribution is 2.29. The maximum atomic E-state index is 5.24. The Labute approximate surface area is 118 Å². The van der Waals surface area contributed by atoms with E-state index in [0.29, 0.717) is 0 Å². The number of nitrogens with zero attached hydrogens (tertiary/aromatic N) is 3. The second-order valence-electron chi connectivity index (χ2n) is 3.47. The van der Waals surface area contributed by atoms with E-state index in [0.717, 1.165) is 25.9 Å². The quantitative estimate of drug-likeness (QED) is 0.828. The van der Waals surface area contributed by atoms with Crippen molar-refractivity contribution in [3.63, 3.8) is 0 Å². The molecule has 0 fully saturated rings. The lowest BCUT2D eigenvalue weighted by Crippen LogP contribution is -1.94. The van der Waals surface area contributed by atoms with Gasteiger partial charge in [-0.3, -0.25) is 0 Å². The van der Waals surface area contributed by atoms with Crippen molar-refractivity contribution in [2.45, 2.75) is 23.1 Å². The van der Waals surface area contributed by atoms with Gasteiger partial charge in [0.15, 0.2) is 4.34 Å². The molecular formula is C10H14N4OS3. The summed E-state index contributed by atoms with van der Waals surface area (Å²) in [6.45, 7) is 2.00. The van der Waals surface area contributed by atoms with Crippen LogP contribution in [0.5, 0.6) is 0 Å². The SMILES string of the molecule is CNc1nnc(SCc2csc(C(C)OC)n2)s1. The van der Waals surface area contributed by atoms with E-state index in [-0.39, 0.29) is 6.10 Å². The van der Waals surface area contributed by atoms with E-state index in [1.165, 1.54) is 0 Å². The summed E-state index contributed by atoms with van der Waals surface area (Å²) in [6, 6.07) is 0. The third-order valence-corrected chi connectivity index (χ3v) is 5.40. The zero-order valence-electron chi connectivity index (χ0n) is 10.3. The molecule has 5 nitrogen and oxygen atoms in total. The van der Waals surface area contributed by atoms with Gasteiger partial charge in [-0.1, -0.05) is 23.1 Å². The van der Waals surface area contributed by atoms with Crippen molar-refractivity contribution in [3.05, 3.63) is 16.1 Å². The highest BCUT2D eigenvalue weighted by Gasteiger charge is 2.10. The Kier molecular flexibility index (Phi) is 4.93. The van der Waals surface area contributed by atoms with Gasteiger partial charge in [-0.15, -0.1) is 21.5 Å². The summed E-state index contributed by atoms with van der Waals surface area (Å²) in [7, 11) is 3.54. The molecule has 2 heterocycles. The van der Waals surface area contributed by atoms with Crippen molar-refractivity contribution >= 4 is 39.6 Å². The van der Waals surface area contributed by atoms with E-state index < -0.39 is 0 Å². The first kappa shape index (κ1) is 13.7. The van der Waals surface area contributed by atoms with Crippen molar-refractivity contribution in [3.8, 4) is 0 Å². The fraction of sp³-hybridized carbons (Fsp3) is 0.500. The Hall–Kier alpha value is -0.700. The molecule has 1 atom stereocenters. The van der Waals surface area contributed by atoms with Gasteiger partial charge in [0.05, 0.1) is 5.69 Å². The fourth-order valence-electron chi connectivity index (χ4n) is 1.18. The lowest BCUT2D eigenvalue weighted by Gasteiger charge is -2.03. The maximum absolute atomic E-state index is 5.24. The second kappa shape index (κ2) is 6.46. The number of thiazole rings is 1. The van der Waals surface area contributed by atoms with Crippen LogP contribution < -0.4 is 5.32 Å². The minimum Gasteiger partial charge on any atom is -0.375 e. The molecule has 0 amide bonds. The van der Waals surface area contributed by atoms with Crippen LogP contribution in [-0.2, 0) is 10.5 Å². The van der Waals surface area contributed by atoms with Crippen LogP contribution in [0.3, 0.4) is 0 Å². The lowest BCUT2D eigenvalue weighted by molar-refractivity contribution is 0.119. The Morgan fingerprint density at radius 3 is 3.00 bits per heavy atom.